The number of amides is 2. The first-order valence-electron chi connectivity index (χ1n) is 14.3. The minimum Gasteiger partial charge on any atom is -0.497 e. The van der Waals surface area contributed by atoms with Gasteiger partial charge in [-0.1, -0.05) is 77.8 Å². The molecule has 0 bridgehead atoms. The van der Waals surface area contributed by atoms with Crippen molar-refractivity contribution >= 4 is 50.7 Å². The number of halogens is 2. The number of sulfonamides is 1. The van der Waals surface area contributed by atoms with E-state index >= 15 is 0 Å². The fourth-order valence-corrected chi connectivity index (χ4v) is 6.67. The van der Waals surface area contributed by atoms with Crippen molar-refractivity contribution in [2.24, 2.45) is 0 Å². The normalized spacial score (nSPS) is 12.0. The number of nitrogens with one attached hydrogen (secondary N) is 1. The van der Waals surface area contributed by atoms with E-state index in [9.17, 15) is 18.0 Å². The third-order valence-electron chi connectivity index (χ3n) is 7.03. The highest BCUT2D eigenvalue weighted by Gasteiger charge is 2.35. The highest BCUT2D eigenvalue weighted by molar-refractivity contribution is 7.92. The number of nitrogens with zero attached hydrogens (tertiary/aromatic N) is 2. The highest BCUT2D eigenvalue weighted by atomic mass is 35.5. The van der Waals surface area contributed by atoms with Gasteiger partial charge in [-0.05, 0) is 73.5 Å². The minimum absolute atomic E-state index is 0.0132. The Kier molecular flexibility index (Phi) is 11.5. The van der Waals surface area contributed by atoms with Gasteiger partial charge in [0.1, 0.15) is 18.3 Å². The number of carbonyl (C=O) groups excluding carboxylic acids is 2. The number of anilines is 1. The number of benzene rings is 4. The Morgan fingerprint density at radius 2 is 1.49 bits per heavy atom. The van der Waals surface area contributed by atoms with Crippen LogP contribution in [0.2, 0.25) is 10.0 Å². The molecule has 2 amide bonds. The molecular weight excluding hydrogens is 633 g/mol. The van der Waals surface area contributed by atoms with E-state index in [1.54, 1.807) is 60.7 Å². The fourth-order valence-electron chi connectivity index (χ4n) is 4.77. The van der Waals surface area contributed by atoms with Crippen LogP contribution in [0.5, 0.6) is 5.75 Å². The molecule has 0 unspecified atom stereocenters. The van der Waals surface area contributed by atoms with Gasteiger partial charge >= 0.3 is 0 Å². The Bertz CT molecular complexity index is 1700. The van der Waals surface area contributed by atoms with Gasteiger partial charge in [0.15, 0.2) is 0 Å². The highest BCUT2D eigenvalue weighted by Crippen LogP contribution is 2.28. The lowest BCUT2D eigenvalue weighted by atomic mass is 10.0. The van der Waals surface area contributed by atoms with Crippen LogP contribution in [-0.2, 0) is 32.6 Å². The van der Waals surface area contributed by atoms with Gasteiger partial charge in [-0.3, -0.25) is 13.9 Å². The summed E-state index contributed by atoms with van der Waals surface area (Å²) in [4.78, 5) is 29.7. The van der Waals surface area contributed by atoms with Crippen molar-refractivity contribution in [2.45, 2.75) is 43.8 Å². The van der Waals surface area contributed by atoms with Gasteiger partial charge < -0.3 is 15.0 Å². The van der Waals surface area contributed by atoms with Gasteiger partial charge in [0.2, 0.25) is 11.8 Å². The average Bonchev–Trinajstić information content (AvgIpc) is 3.03. The quantitative estimate of drug-likeness (QED) is 0.179. The lowest BCUT2D eigenvalue weighted by Crippen LogP contribution is -2.54. The largest absolute Gasteiger partial charge is 0.497 e. The molecule has 8 nitrogen and oxygen atoms in total. The van der Waals surface area contributed by atoms with E-state index in [-0.39, 0.29) is 35.5 Å². The molecule has 1 atom stereocenters. The van der Waals surface area contributed by atoms with Crippen LogP contribution in [0.1, 0.15) is 25.0 Å². The summed E-state index contributed by atoms with van der Waals surface area (Å²) in [5.41, 5.74) is 1.63. The van der Waals surface area contributed by atoms with Crippen LogP contribution in [0.4, 0.5) is 5.69 Å². The Morgan fingerprint density at radius 1 is 0.867 bits per heavy atom. The number of hydrogen-bond acceptors (Lipinski definition) is 5. The fraction of sp³-hybridized carbons (Fsp3) is 0.235. The van der Waals surface area contributed by atoms with E-state index in [4.69, 9.17) is 27.9 Å². The SMILES string of the molecule is COc1ccc(N(CC(=O)N(Cc2ccc(Cl)cc2Cl)[C@@H](Cc2ccccc2)C(=O)NC(C)C)S(=O)(=O)c2ccccc2)cc1. The molecule has 0 aromatic heterocycles. The second-order valence-electron chi connectivity index (χ2n) is 10.6. The van der Waals surface area contributed by atoms with Crippen molar-refractivity contribution in [1.29, 1.82) is 0 Å². The third kappa shape index (κ3) is 8.78. The van der Waals surface area contributed by atoms with E-state index in [2.05, 4.69) is 5.32 Å². The van der Waals surface area contributed by atoms with E-state index in [0.717, 1.165) is 9.87 Å². The summed E-state index contributed by atoms with van der Waals surface area (Å²) in [6.45, 7) is 3.00. The van der Waals surface area contributed by atoms with Crippen LogP contribution in [0.15, 0.2) is 108 Å². The van der Waals surface area contributed by atoms with E-state index < -0.39 is 28.5 Å². The standard InChI is InChI=1S/C34H35Cl2N3O5S/c1-24(2)37-34(41)32(20-25-10-6-4-7-11-25)38(22-26-14-15-27(35)21-31(26)36)33(40)23-39(28-16-18-29(44-3)19-17-28)45(42,43)30-12-8-5-9-13-30/h4-19,21,24,32H,20,22-23H2,1-3H3,(H,37,41)/t32-/m0/s1. The van der Waals surface area contributed by atoms with Crippen LogP contribution in [0, 0.1) is 0 Å². The molecule has 4 aromatic carbocycles. The van der Waals surface area contributed by atoms with Crippen LogP contribution in [0.25, 0.3) is 0 Å². The molecule has 4 rings (SSSR count). The predicted molar refractivity (Wildman–Crippen MR) is 178 cm³/mol. The predicted octanol–water partition coefficient (Wildman–Crippen LogP) is 6.36. The zero-order chi connectivity index (χ0) is 32.6. The summed E-state index contributed by atoms with van der Waals surface area (Å²) in [6.07, 6.45) is 0.185. The number of hydrogen-bond donors (Lipinski definition) is 1. The molecule has 0 aliphatic carbocycles. The van der Waals surface area contributed by atoms with Crippen molar-refractivity contribution in [3.8, 4) is 5.75 Å². The maximum absolute atomic E-state index is 14.5. The number of rotatable bonds is 13. The second-order valence-corrected chi connectivity index (χ2v) is 13.4. The van der Waals surface area contributed by atoms with E-state index in [1.807, 2.05) is 44.2 Å². The number of ether oxygens (including phenoxy) is 1. The average molecular weight is 669 g/mol. The first-order chi connectivity index (χ1) is 21.5. The first-order valence-corrected chi connectivity index (χ1v) is 16.5. The lowest BCUT2D eigenvalue weighted by Gasteiger charge is -2.34. The summed E-state index contributed by atoms with van der Waals surface area (Å²) in [7, 11) is -2.71. The van der Waals surface area contributed by atoms with Gasteiger partial charge in [0, 0.05) is 29.1 Å². The molecule has 11 heteroatoms. The van der Waals surface area contributed by atoms with Crippen LogP contribution in [-0.4, -0.2) is 50.9 Å². The summed E-state index contributed by atoms with van der Waals surface area (Å²) >= 11 is 12.7. The molecule has 0 fully saturated rings. The third-order valence-corrected chi connectivity index (χ3v) is 9.40. The molecule has 4 aromatic rings. The maximum Gasteiger partial charge on any atom is 0.264 e. The summed E-state index contributed by atoms with van der Waals surface area (Å²) in [5, 5.41) is 3.66. The topological polar surface area (TPSA) is 96.0 Å². The lowest BCUT2D eigenvalue weighted by molar-refractivity contribution is -0.140. The number of methoxy groups -OCH3 is 1. The minimum atomic E-state index is -4.21. The zero-order valence-electron chi connectivity index (χ0n) is 25.2. The van der Waals surface area contributed by atoms with Crippen LogP contribution in [0.3, 0.4) is 0 Å². The molecule has 0 saturated heterocycles. The van der Waals surface area contributed by atoms with E-state index in [1.165, 1.54) is 24.1 Å². The van der Waals surface area contributed by atoms with E-state index in [0.29, 0.717) is 21.4 Å². The summed E-state index contributed by atoms with van der Waals surface area (Å²) < 4.78 is 34.4. The van der Waals surface area contributed by atoms with Crippen molar-refractivity contribution in [3.63, 3.8) is 0 Å². The smallest absolute Gasteiger partial charge is 0.264 e. The summed E-state index contributed by atoms with van der Waals surface area (Å²) in [6, 6.07) is 27.3. The molecule has 236 valence electrons. The maximum atomic E-state index is 14.5. The molecular formula is C34H35Cl2N3O5S. The van der Waals surface area contributed by atoms with Crippen molar-refractivity contribution < 1.29 is 22.7 Å². The van der Waals surface area contributed by atoms with Crippen LogP contribution >= 0.6 is 23.2 Å². The Balaban J connectivity index is 1.82. The Labute approximate surface area is 274 Å². The van der Waals surface area contributed by atoms with Gasteiger partial charge in [0.25, 0.3) is 10.0 Å². The van der Waals surface area contributed by atoms with Gasteiger partial charge in [-0.15, -0.1) is 0 Å². The molecule has 0 aliphatic heterocycles. The molecule has 0 spiro atoms. The van der Waals surface area contributed by atoms with Crippen molar-refractivity contribution in [1.82, 2.24) is 10.2 Å². The van der Waals surface area contributed by atoms with Gasteiger partial charge in [0.05, 0.1) is 17.7 Å². The van der Waals surface area contributed by atoms with Gasteiger partial charge in [-0.2, -0.15) is 0 Å². The number of carbonyl (C=O) groups is 2. The molecule has 0 saturated carbocycles. The summed E-state index contributed by atoms with van der Waals surface area (Å²) in [5.74, 6) is -0.459. The molecule has 0 radical (unpaired) electrons. The first kappa shape index (κ1) is 33.8. The van der Waals surface area contributed by atoms with Crippen molar-refractivity contribution in [3.05, 3.63) is 124 Å². The molecule has 0 heterocycles. The van der Waals surface area contributed by atoms with Crippen LogP contribution < -0.4 is 14.4 Å². The monoisotopic (exact) mass is 667 g/mol. The molecule has 0 aliphatic rings. The Morgan fingerprint density at radius 3 is 2.07 bits per heavy atom. The van der Waals surface area contributed by atoms with Crippen molar-refractivity contribution in [2.75, 3.05) is 18.0 Å². The molecule has 1 N–H and O–H groups in total. The second kappa shape index (κ2) is 15.3. The Hall–Kier alpha value is -4.05. The molecule has 45 heavy (non-hydrogen) atoms. The van der Waals surface area contributed by atoms with Gasteiger partial charge in [-0.25, -0.2) is 8.42 Å². The zero-order valence-corrected chi connectivity index (χ0v) is 27.5.